The summed E-state index contributed by atoms with van der Waals surface area (Å²) in [6.45, 7) is 4.17. The van der Waals surface area contributed by atoms with Crippen LogP contribution >= 0.6 is 0 Å². The molecule has 20 heavy (non-hydrogen) atoms. The van der Waals surface area contributed by atoms with Gasteiger partial charge >= 0.3 is 0 Å². The third-order valence-electron chi connectivity index (χ3n) is 6.28. The average molecular weight is 299 g/mol. The lowest BCUT2D eigenvalue weighted by molar-refractivity contribution is -0.128. The molecule has 0 unspecified atom stereocenters. The van der Waals surface area contributed by atoms with E-state index >= 15 is 0 Å². The molecule has 3 fully saturated rings. The summed E-state index contributed by atoms with van der Waals surface area (Å²) in [7, 11) is -3.37. The van der Waals surface area contributed by atoms with Crippen LogP contribution in [0.5, 0.6) is 0 Å². The van der Waals surface area contributed by atoms with E-state index in [1.54, 1.807) is 0 Å². The smallest absolute Gasteiger partial charge is 0.212 e. The minimum Gasteiger partial charge on any atom is -0.299 e. The Kier molecular flexibility index (Phi) is 3.29. The first-order valence-electron chi connectivity index (χ1n) is 7.80. The number of Topliss-reactive ketones (excluding diaryl/α,β-unsaturated/α-hetero) is 1. The molecular weight excluding hydrogens is 274 g/mol. The molecule has 2 bridgehead atoms. The van der Waals surface area contributed by atoms with Crippen molar-refractivity contribution in [1.29, 1.82) is 0 Å². The van der Waals surface area contributed by atoms with Crippen LogP contribution in [0, 0.1) is 16.7 Å². The zero-order valence-corrected chi connectivity index (χ0v) is 13.3. The van der Waals surface area contributed by atoms with E-state index in [2.05, 4.69) is 18.6 Å². The Hall–Kier alpha value is -0.420. The summed E-state index contributed by atoms with van der Waals surface area (Å²) in [6, 6.07) is 0.0909. The van der Waals surface area contributed by atoms with Crippen LogP contribution in [0.15, 0.2) is 0 Å². The molecule has 5 heteroatoms. The molecule has 0 aromatic rings. The highest BCUT2D eigenvalue weighted by molar-refractivity contribution is 7.89. The molecule has 0 aliphatic heterocycles. The number of nitrogens with one attached hydrogen (secondary N) is 1. The molecular formula is C15H25NO3S. The Balaban J connectivity index is 1.80. The van der Waals surface area contributed by atoms with Crippen LogP contribution in [0.1, 0.15) is 58.8 Å². The largest absolute Gasteiger partial charge is 0.299 e. The van der Waals surface area contributed by atoms with Crippen LogP contribution in [0.25, 0.3) is 0 Å². The van der Waals surface area contributed by atoms with E-state index in [-0.39, 0.29) is 23.0 Å². The molecule has 114 valence electrons. The van der Waals surface area contributed by atoms with Crippen molar-refractivity contribution in [3.8, 4) is 0 Å². The lowest BCUT2D eigenvalue weighted by Gasteiger charge is -2.36. The second kappa shape index (κ2) is 4.54. The van der Waals surface area contributed by atoms with Crippen LogP contribution in [0.4, 0.5) is 0 Å². The predicted octanol–water partition coefficient (Wildman–Crippen LogP) is 2.24. The van der Waals surface area contributed by atoms with Crippen LogP contribution in [-0.4, -0.2) is 26.0 Å². The van der Waals surface area contributed by atoms with Gasteiger partial charge in [-0.25, -0.2) is 13.1 Å². The molecule has 2 atom stereocenters. The Bertz CT molecular complexity index is 519. The van der Waals surface area contributed by atoms with Gasteiger partial charge in [-0.3, -0.25) is 4.79 Å². The lowest BCUT2D eigenvalue weighted by atomic mass is 9.70. The molecule has 0 spiro atoms. The van der Waals surface area contributed by atoms with E-state index < -0.39 is 15.4 Å². The van der Waals surface area contributed by atoms with E-state index in [1.165, 1.54) is 0 Å². The summed E-state index contributed by atoms with van der Waals surface area (Å²) in [6.07, 6.45) is 6.40. The summed E-state index contributed by atoms with van der Waals surface area (Å²) >= 11 is 0. The standard InChI is InChI=1S/C15H25NO3S/c1-14(2)11-7-8-15(14,13(17)9-11)10-20(18,19)16-12-5-3-4-6-12/h11-12,16H,3-10H2,1-2H3/t11-,15-/m1/s1. The molecule has 0 heterocycles. The maximum atomic E-state index is 12.5. The second-order valence-corrected chi connectivity index (χ2v) is 9.28. The molecule has 3 saturated carbocycles. The Labute approximate surface area is 121 Å². The van der Waals surface area contributed by atoms with E-state index in [1.807, 2.05) is 0 Å². The normalized spacial score (nSPS) is 36.9. The highest BCUT2D eigenvalue weighted by Gasteiger charge is 2.65. The molecule has 0 amide bonds. The zero-order valence-electron chi connectivity index (χ0n) is 12.4. The van der Waals surface area contributed by atoms with Crippen LogP contribution in [0.2, 0.25) is 0 Å². The SMILES string of the molecule is CC1(C)[C@@H]2CC[C@@]1(CS(=O)(=O)NC1CCCC1)C(=O)C2. The molecule has 0 radical (unpaired) electrons. The van der Waals surface area contributed by atoms with Crippen molar-refractivity contribution < 1.29 is 13.2 Å². The van der Waals surface area contributed by atoms with Crippen LogP contribution in [-0.2, 0) is 14.8 Å². The number of carbonyl (C=O) groups is 1. The van der Waals surface area contributed by atoms with E-state index in [0.29, 0.717) is 12.3 Å². The van der Waals surface area contributed by atoms with Gasteiger partial charge in [0.25, 0.3) is 0 Å². The van der Waals surface area contributed by atoms with Crippen molar-refractivity contribution in [3.63, 3.8) is 0 Å². The zero-order chi connectivity index (χ0) is 14.6. The molecule has 0 aromatic heterocycles. The molecule has 1 N–H and O–H groups in total. The van der Waals surface area contributed by atoms with Gasteiger partial charge in [0.15, 0.2) is 0 Å². The fourth-order valence-corrected chi connectivity index (χ4v) is 6.92. The molecule has 0 aromatic carbocycles. The van der Waals surface area contributed by atoms with Gasteiger partial charge in [0.1, 0.15) is 5.78 Å². The highest BCUT2D eigenvalue weighted by Crippen LogP contribution is 2.64. The van der Waals surface area contributed by atoms with E-state index in [0.717, 1.165) is 38.5 Å². The first-order chi connectivity index (χ1) is 9.27. The second-order valence-electron chi connectivity index (χ2n) is 7.53. The van der Waals surface area contributed by atoms with Crippen LogP contribution in [0.3, 0.4) is 0 Å². The molecule has 4 nitrogen and oxygen atoms in total. The molecule has 3 rings (SSSR count). The summed E-state index contributed by atoms with van der Waals surface area (Å²) < 4.78 is 27.8. The summed E-state index contributed by atoms with van der Waals surface area (Å²) in [5.41, 5.74) is -0.809. The maximum Gasteiger partial charge on any atom is 0.212 e. The molecule has 0 saturated heterocycles. The number of fused-ring (bicyclic) bond motifs is 2. The van der Waals surface area contributed by atoms with Gasteiger partial charge in [0.2, 0.25) is 10.0 Å². The van der Waals surface area contributed by atoms with Gasteiger partial charge in [-0.15, -0.1) is 0 Å². The number of ketones is 1. The van der Waals surface area contributed by atoms with Crippen molar-refractivity contribution in [1.82, 2.24) is 4.72 Å². The van der Waals surface area contributed by atoms with Crippen LogP contribution < -0.4 is 4.72 Å². The topological polar surface area (TPSA) is 63.2 Å². The van der Waals surface area contributed by atoms with Gasteiger partial charge in [-0.1, -0.05) is 26.7 Å². The number of carbonyl (C=O) groups excluding carboxylic acids is 1. The summed E-state index contributed by atoms with van der Waals surface area (Å²) in [4.78, 5) is 12.4. The van der Waals surface area contributed by atoms with E-state index in [4.69, 9.17) is 0 Å². The van der Waals surface area contributed by atoms with Crippen molar-refractivity contribution in [3.05, 3.63) is 0 Å². The molecule has 3 aliphatic carbocycles. The number of rotatable bonds is 4. The average Bonchev–Trinajstić information content (AvgIpc) is 2.94. The van der Waals surface area contributed by atoms with Gasteiger partial charge < -0.3 is 0 Å². The highest BCUT2D eigenvalue weighted by atomic mass is 32.2. The minimum absolute atomic E-state index is 0.00116. The quantitative estimate of drug-likeness (QED) is 0.866. The Morgan fingerprint density at radius 3 is 2.35 bits per heavy atom. The Morgan fingerprint density at radius 2 is 1.85 bits per heavy atom. The van der Waals surface area contributed by atoms with Gasteiger partial charge in [-0.2, -0.15) is 0 Å². The summed E-state index contributed by atoms with van der Waals surface area (Å²) in [5, 5.41) is 0. The van der Waals surface area contributed by atoms with Crippen molar-refractivity contribution in [2.75, 3.05) is 5.75 Å². The van der Waals surface area contributed by atoms with Crippen molar-refractivity contribution in [2.45, 2.75) is 64.8 Å². The first-order valence-corrected chi connectivity index (χ1v) is 9.45. The summed E-state index contributed by atoms with van der Waals surface area (Å²) in [5.74, 6) is 0.547. The fourth-order valence-electron chi connectivity index (χ4n) is 4.77. The number of hydrogen-bond donors (Lipinski definition) is 1. The maximum absolute atomic E-state index is 12.5. The van der Waals surface area contributed by atoms with Gasteiger partial charge in [-0.05, 0) is 37.0 Å². The third kappa shape index (κ3) is 2.05. The van der Waals surface area contributed by atoms with Crippen molar-refractivity contribution >= 4 is 15.8 Å². The van der Waals surface area contributed by atoms with Gasteiger partial charge in [0, 0.05) is 17.9 Å². The fraction of sp³-hybridized carbons (Fsp3) is 0.933. The predicted molar refractivity (Wildman–Crippen MR) is 77.7 cm³/mol. The number of hydrogen-bond acceptors (Lipinski definition) is 3. The minimum atomic E-state index is -3.37. The monoisotopic (exact) mass is 299 g/mol. The molecule has 3 aliphatic rings. The Morgan fingerprint density at radius 1 is 1.20 bits per heavy atom. The van der Waals surface area contributed by atoms with Crippen molar-refractivity contribution in [2.24, 2.45) is 16.7 Å². The number of sulfonamides is 1. The first kappa shape index (κ1) is 14.5. The third-order valence-corrected chi connectivity index (χ3v) is 7.84. The van der Waals surface area contributed by atoms with E-state index in [9.17, 15) is 13.2 Å². The van der Waals surface area contributed by atoms with Gasteiger partial charge in [0.05, 0.1) is 5.75 Å². The lowest BCUT2D eigenvalue weighted by Crippen LogP contribution is -2.47.